The van der Waals surface area contributed by atoms with Crippen molar-refractivity contribution in [3.63, 3.8) is 0 Å². The van der Waals surface area contributed by atoms with Crippen molar-refractivity contribution in [2.75, 3.05) is 66.2 Å². The molecule has 0 spiro atoms. The Morgan fingerprint density at radius 2 is 1.55 bits per heavy atom. The van der Waals surface area contributed by atoms with Gasteiger partial charge in [0, 0.05) is 59.0 Å². The fourth-order valence-electron chi connectivity index (χ4n) is 2.89. The smallest absolute Gasteiger partial charge is 0.315 e. The van der Waals surface area contributed by atoms with E-state index in [9.17, 15) is 14.4 Å². The maximum Gasteiger partial charge on any atom is 0.315 e. The number of amides is 3. The quantitative estimate of drug-likeness (QED) is 0.319. The van der Waals surface area contributed by atoms with Gasteiger partial charge in [-0.3, -0.25) is 9.59 Å². The fraction of sp³-hybridized carbons (Fsp3) is 0.850. The van der Waals surface area contributed by atoms with Gasteiger partial charge in [0.25, 0.3) is 5.91 Å². The summed E-state index contributed by atoms with van der Waals surface area (Å²) in [6, 6.07) is -1.70. The Bertz CT molecular complexity index is 495. The normalized spacial score (nSPS) is 15.8. The molecular weight excluding hydrogens is 376 g/mol. The second kappa shape index (κ2) is 15.2. The maximum absolute atomic E-state index is 12.9. The van der Waals surface area contributed by atoms with Crippen LogP contribution in [0.25, 0.3) is 0 Å². The van der Waals surface area contributed by atoms with Gasteiger partial charge in [0.1, 0.15) is 0 Å². The first kappa shape index (κ1) is 25.3. The lowest BCUT2D eigenvalue weighted by molar-refractivity contribution is -0.139. The van der Waals surface area contributed by atoms with Gasteiger partial charge in [-0.05, 0) is 26.3 Å². The van der Waals surface area contributed by atoms with E-state index >= 15 is 0 Å². The number of likely N-dealkylation sites (N-methyl/N-ethyl adjacent to an activating group) is 1. The van der Waals surface area contributed by atoms with E-state index in [1.807, 2.05) is 20.9 Å². The van der Waals surface area contributed by atoms with Gasteiger partial charge in [-0.1, -0.05) is 13.8 Å². The minimum absolute atomic E-state index is 0.188. The van der Waals surface area contributed by atoms with Crippen molar-refractivity contribution >= 4 is 17.7 Å². The first-order valence-electron chi connectivity index (χ1n) is 10.7. The molecule has 2 N–H and O–H groups in total. The van der Waals surface area contributed by atoms with Gasteiger partial charge in [-0.25, -0.2) is 4.79 Å². The van der Waals surface area contributed by atoms with E-state index in [0.717, 1.165) is 25.9 Å². The lowest BCUT2D eigenvalue weighted by Gasteiger charge is -2.34. The molecule has 1 aliphatic heterocycles. The lowest BCUT2D eigenvalue weighted by atomic mass is 10.1. The third-order valence-electron chi connectivity index (χ3n) is 4.60. The van der Waals surface area contributed by atoms with Gasteiger partial charge >= 0.3 is 6.03 Å². The Kier molecular flexibility index (Phi) is 13.3. The molecule has 1 rings (SSSR count). The predicted molar refractivity (Wildman–Crippen MR) is 111 cm³/mol. The van der Waals surface area contributed by atoms with E-state index in [2.05, 4.69) is 15.5 Å². The maximum atomic E-state index is 12.9. The Hall–Kier alpha value is -1.71. The monoisotopic (exact) mass is 414 g/mol. The molecule has 0 aromatic heterocycles. The molecule has 0 bridgehead atoms. The highest BCUT2D eigenvalue weighted by Gasteiger charge is 2.32. The van der Waals surface area contributed by atoms with E-state index in [4.69, 9.17) is 9.47 Å². The summed E-state index contributed by atoms with van der Waals surface area (Å²) in [6.45, 7) is 9.08. The number of rotatable bonds is 14. The van der Waals surface area contributed by atoms with Crippen LogP contribution >= 0.6 is 0 Å². The molecule has 1 atom stereocenters. The largest absolute Gasteiger partial charge is 0.381 e. The highest BCUT2D eigenvalue weighted by molar-refractivity contribution is 6.07. The zero-order chi connectivity index (χ0) is 21.5. The molecule has 0 radical (unpaired) electrons. The number of carbonyl (C=O) groups excluding carboxylic acids is 3. The summed E-state index contributed by atoms with van der Waals surface area (Å²) in [5.41, 5.74) is 0. The van der Waals surface area contributed by atoms with Crippen LogP contribution in [0.4, 0.5) is 4.79 Å². The van der Waals surface area contributed by atoms with Crippen LogP contribution in [0.1, 0.15) is 39.5 Å². The molecule has 0 saturated carbocycles. The molecule has 0 aromatic rings. The number of piperazine rings is 1. The lowest BCUT2D eigenvalue weighted by Crippen LogP contribution is -2.58. The summed E-state index contributed by atoms with van der Waals surface area (Å²) in [5, 5.41) is 5.21. The van der Waals surface area contributed by atoms with Crippen molar-refractivity contribution in [1.82, 2.24) is 20.4 Å². The van der Waals surface area contributed by atoms with E-state index < -0.39 is 12.1 Å². The standard InChI is InChI=1S/C20H38N4O5/c1-4-13-28-15-6-7-17(25)18(19(26)24-11-9-23(3)10-12-24)22-20(27)21-8-16-29-14-5-2/h18H,4-16H2,1-3H3,(H2,21,22,27). The summed E-state index contributed by atoms with van der Waals surface area (Å²) in [5.74, 6) is -0.624. The molecule has 1 aliphatic rings. The Balaban J connectivity index is 2.58. The minimum atomic E-state index is -1.17. The molecule has 168 valence electrons. The Morgan fingerprint density at radius 3 is 2.17 bits per heavy atom. The van der Waals surface area contributed by atoms with Crippen LogP contribution in [0.3, 0.4) is 0 Å². The van der Waals surface area contributed by atoms with Gasteiger partial charge in [-0.2, -0.15) is 0 Å². The van der Waals surface area contributed by atoms with Crippen LogP contribution in [0.5, 0.6) is 0 Å². The SMILES string of the molecule is CCCOCCCC(=O)C(NC(=O)NCCOCCC)C(=O)N1CCN(C)CC1. The van der Waals surface area contributed by atoms with Crippen molar-refractivity contribution in [2.24, 2.45) is 0 Å². The molecule has 3 amide bonds. The van der Waals surface area contributed by atoms with Crippen molar-refractivity contribution in [3.05, 3.63) is 0 Å². The zero-order valence-corrected chi connectivity index (χ0v) is 18.2. The number of carbonyl (C=O) groups is 3. The van der Waals surface area contributed by atoms with Crippen LogP contribution < -0.4 is 10.6 Å². The van der Waals surface area contributed by atoms with Gasteiger partial charge < -0.3 is 29.9 Å². The number of hydrogen-bond donors (Lipinski definition) is 2. The van der Waals surface area contributed by atoms with Crippen LogP contribution in [-0.4, -0.2) is 99.8 Å². The number of urea groups is 1. The highest BCUT2D eigenvalue weighted by atomic mass is 16.5. The molecule has 1 unspecified atom stereocenters. The zero-order valence-electron chi connectivity index (χ0n) is 18.2. The molecule has 9 heteroatoms. The topological polar surface area (TPSA) is 100 Å². The van der Waals surface area contributed by atoms with Crippen LogP contribution in [0.15, 0.2) is 0 Å². The molecule has 9 nitrogen and oxygen atoms in total. The number of nitrogens with one attached hydrogen (secondary N) is 2. The first-order chi connectivity index (χ1) is 14.0. The van der Waals surface area contributed by atoms with Gasteiger partial charge in [-0.15, -0.1) is 0 Å². The van der Waals surface area contributed by atoms with E-state index in [1.165, 1.54) is 0 Å². The summed E-state index contributed by atoms with van der Waals surface area (Å²) < 4.78 is 10.7. The number of ketones is 1. The first-order valence-corrected chi connectivity index (χ1v) is 10.7. The second-order valence-corrected chi connectivity index (χ2v) is 7.26. The van der Waals surface area contributed by atoms with Crippen LogP contribution in [-0.2, 0) is 19.1 Å². The highest BCUT2D eigenvalue weighted by Crippen LogP contribution is 2.06. The fourth-order valence-corrected chi connectivity index (χ4v) is 2.89. The average molecular weight is 415 g/mol. The number of hydrogen-bond acceptors (Lipinski definition) is 6. The van der Waals surface area contributed by atoms with Crippen LogP contribution in [0, 0.1) is 0 Å². The van der Waals surface area contributed by atoms with Crippen molar-refractivity contribution in [2.45, 2.75) is 45.6 Å². The predicted octanol–water partition coefficient (Wildman–Crippen LogP) is 0.631. The van der Waals surface area contributed by atoms with Crippen molar-refractivity contribution in [1.29, 1.82) is 0 Å². The molecule has 29 heavy (non-hydrogen) atoms. The van der Waals surface area contributed by atoms with E-state index in [0.29, 0.717) is 52.5 Å². The van der Waals surface area contributed by atoms with Crippen molar-refractivity contribution < 1.29 is 23.9 Å². The van der Waals surface area contributed by atoms with Crippen LogP contribution in [0.2, 0.25) is 0 Å². The van der Waals surface area contributed by atoms with Gasteiger partial charge in [0.05, 0.1) is 6.61 Å². The van der Waals surface area contributed by atoms with Gasteiger partial charge in [0.2, 0.25) is 0 Å². The Morgan fingerprint density at radius 1 is 0.931 bits per heavy atom. The summed E-state index contributed by atoms with van der Waals surface area (Å²) in [6.07, 6.45) is 2.54. The summed E-state index contributed by atoms with van der Waals surface area (Å²) in [4.78, 5) is 41.6. The molecule has 1 heterocycles. The number of Topliss-reactive ketones (excluding diaryl/α,β-unsaturated/α-hetero) is 1. The Labute approximate surface area is 174 Å². The number of nitrogens with zero attached hydrogens (tertiary/aromatic N) is 2. The van der Waals surface area contributed by atoms with Gasteiger partial charge in [0.15, 0.2) is 11.8 Å². The summed E-state index contributed by atoms with van der Waals surface area (Å²) >= 11 is 0. The second-order valence-electron chi connectivity index (χ2n) is 7.26. The van der Waals surface area contributed by atoms with E-state index in [-0.39, 0.29) is 18.1 Å². The summed E-state index contributed by atoms with van der Waals surface area (Å²) in [7, 11) is 1.99. The third-order valence-corrected chi connectivity index (χ3v) is 4.60. The molecule has 1 saturated heterocycles. The van der Waals surface area contributed by atoms with E-state index in [1.54, 1.807) is 4.90 Å². The molecule has 0 aliphatic carbocycles. The molecular formula is C20H38N4O5. The third kappa shape index (κ3) is 10.6. The minimum Gasteiger partial charge on any atom is -0.381 e. The number of ether oxygens (including phenoxy) is 2. The van der Waals surface area contributed by atoms with Crippen molar-refractivity contribution in [3.8, 4) is 0 Å². The molecule has 0 aromatic carbocycles. The molecule has 1 fully saturated rings. The average Bonchev–Trinajstić information content (AvgIpc) is 2.71.